The molecule has 0 atom stereocenters. The zero-order chi connectivity index (χ0) is 13.1. The molecule has 0 aliphatic carbocycles. The minimum Gasteiger partial charge on any atom is -0.398 e. The van der Waals surface area contributed by atoms with Gasteiger partial charge in [0, 0.05) is 13.2 Å². The minimum absolute atomic E-state index is 0.222. The highest BCUT2D eigenvalue weighted by molar-refractivity contribution is 6.36. The Hall–Kier alpha value is -2.07. The van der Waals surface area contributed by atoms with Crippen molar-refractivity contribution < 1.29 is 4.79 Å². The molecule has 2 rings (SSSR count). The molecule has 0 unspecified atom stereocenters. The summed E-state index contributed by atoms with van der Waals surface area (Å²) in [7, 11) is 1.67. The van der Waals surface area contributed by atoms with Crippen LogP contribution in [-0.2, 0) is 0 Å². The Bertz CT molecular complexity index is 572. The van der Waals surface area contributed by atoms with Crippen LogP contribution >= 0.6 is 11.6 Å². The average molecular weight is 262 g/mol. The van der Waals surface area contributed by atoms with E-state index in [0.717, 1.165) is 0 Å². The number of pyridine rings is 1. The summed E-state index contributed by atoms with van der Waals surface area (Å²) in [6.45, 7) is 0. The third-order valence-electron chi connectivity index (χ3n) is 2.60. The Morgan fingerprint density at radius 1 is 1.33 bits per heavy atom. The topological polar surface area (TPSA) is 59.2 Å². The summed E-state index contributed by atoms with van der Waals surface area (Å²) in [5.74, 6) is -0.222. The van der Waals surface area contributed by atoms with Crippen molar-refractivity contribution >= 4 is 28.9 Å². The number of nitrogens with two attached hydrogens (primary N) is 1. The summed E-state index contributed by atoms with van der Waals surface area (Å²) in [5.41, 5.74) is 7.15. The normalized spacial score (nSPS) is 10.1. The molecule has 1 heterocycles. The molecule has 0 saturated carbocycles. The van der Waals surface area contributed by atoms with Gasteiger partial charge in [0.05, 0.1) is 28.2 Å². The Balaban J connectivity index is 2.35. The summed E-state index contributed by atoms with van der Waals surface area (Å²) in [6, 6.07) is 8.56. The maximum absolute atomic E-state index is 12.3. The summed E-state index contributed by atoms with van der Waals surface area (Å²) >= 11 is 6.03. The minimum atomic E-state index is -0.222. The van der Waals surface area contributed by atoms with E-state index >= 15 is 0 Å². The highest BCUT2D eigenvalue weighted by atomic mass is 35.5. The SMILES string of the molecule is CN(C(=O)c1cccc(N)c1Cl)c1cccnc1. The van der Waals surface area contributed by atoms with Gasteiger partial charge in [0.25, 0.3) is 5.91 Å². The van der Waals surface area contributed by atoms with Gasteiger partial charge in [-0.25, -0.2) is 0 Å². The molecule has 0 aliphatic rings. The number of hydrogen-bond donors (Lipinski definition) is 1. The molecule has 1 amide bonds. The van der Waals surface area contributed by atoms with E-state index in [0.29, 0.717) is 16.9 Å². The van der Waals surface area contributed by atoms with Crippen LogP contribution in [0.15, 0.2) is 42.7 Å². The van der Waals surface area contributed by atoms with Crippen LogP contribution in [0.2, 0.25) is 5.02 Å². The van der Waals surface area contributed by atoms with Gasteiger partial charge in [-0.1, -0.05) is 17.7 Å². The molecule has 5 heteroatoms. The predicted octanol–water partition coefficient (Wildman–Crippen LogP) is 2.59. The lowest BCUT2D eigenvalue weighted by Gasteiger charge is -2.17. The second-order valence-corrected chi connectivity index (χ2v) is 4.16. The van der Waals surface area contributed by atoms with E-state index in [1.807, 2.05) is 0 Å². The number of hydrogen-bond acceptors (Lipinski definition) is 3. The van der Waals surface area contributed by atoms with Crippen LogP contribution in [-0.4, -0.2) is 17.9 Å². The smallest absolute Gasteiger partial charge is 0.259 e. The molecule has 1 aromatic carbocycles. The van der Waals surface area contributed by atoms with Gasteiger partial charge >= 0.3 is 0 Å². The maximum Gasteiger partial charge on any atom is 0.259 e. The first-order chi connectivity index (χ1) is 8.61. The molecule has 0 radical (unpaired) electrons. The second kappa shape index (κ2) is 5.06. The molecule has 0 spiro atoms. The van der Waals surface area contributed by atoms with Crippen LogP contribution in [0, 0.1) is 0 Å². The summed E-state index contributed by atoms with van der Waals surface area (Å²) < 4.78 is 0. The van der Waals surface area contributed by atoms with Crippen molar-refractivity contribution in [3.8, 4) is 0 Å². The molecule has 0 bridgehead atoms. The van der Waals surface area contributed by atoms with Crippen molar-refractivity contribution in [2.24, 2.45) is 0 Å². The molecule has 4 nitrogen and oxygen atoms in total. The van der Waals surface area contributed by atoms with E-state index in [2.05, 4.69) is 4.98 Å². The lowest BCUT2D eigenvalue weighted by molar-refractivity contribution is 0.0993. The third-order valence-corrected chi connectivity index (χ3v) is 3.02. The molecule has 0 aliphatic heterocycles. The fourth-order valence-corrected chi connectivity index (χ4v) is 1.77. The van der Waals surface area contributed by atoms with Gasteiger partial charge in [0.2, 0.25) is 0 Å². The van der Waals surface area contributed by atoms with Crippen molar-refractivity contribution in [1.29, 1.82) is 0 Å². The van der Waals surface area contributed by atoms with Crippen LogP contribution in [0.4, 0.5) is 11.4 Å². The second-order valence-electron chi connectivity index (χ2n) is 3.78. The Kier molecular flexibility index (Phi) is 3.48. The molecule has 2 N–H and O–H groups in total. The molecule has 18 heavy (non-hydrogen) atoms. The number of nitrogen functional groups attached to an aromatic ring is 1. The number of aromatic nitrogens is 1. The van der Waals surface area contributed by atoms with E-state index in [1.54, 1.807) is 49.8 Å². The zero-order valence-electron chi connectivity index (χ0n) is 9.80. The highest BCUT2D eigenvalue weighted by Gasteiger charge is 2.17. The molecule has 1 aromatic heterocycles. The summed E-state index contributed by atoms with van der Waals surface area (Å²) in [5, 5.41) is 0.276. The molecule has 0 saturated heterocycles. The number of carbonyl (C=O) groups excluding carboxylic acids is 1. The fourth-order valence-electron chi connectivity index (χ4n) is 1.57. The van der Waals surface area contributed by atoms with Crippen molar-refractivity contribution in [1.82, 2.24) is 4.98 Å². The number of benzene rings is 1. The van der Waals surface area contributed by atoms with Gasteiger partial charge in [0.15, 0.2) is 0 Å². The van der Waals surface area contributed by atoms with E-state index in [4.69, 9.17) is 17.3 Å². The number of nitrogens with zero attached hydrogens (tertiary/aromatic N) is 2. The number of anilines is 2. The highest BCUT2D eigenvalue weighted by Crippen LogP contribution is 2.25. The Morgan fingerprint density at radius 2 is 2.11 bits per heavy atom. The number of carbonyl (C=O) groups is 1. The average Bonchev–Trinajstić information content (AvgIpc) is 2.41. The first-order valence-electron chi connectivity index (χ1n) is 5.33. The standard InChI is InChI=1S/C13H12ClN3O/c1-17(9-4-3-7-16-8-9)13(18)10-5-2-6-11(15)12(10)14/h2-8H,15H2,1H3. The Labute approximate surface area is 110 Å². The van der Waals surface area contributed by atoms with Crippen molar-refractivity contribution in [2.45, 2.75) is 0 Å². The van der Waals surface area contributed by atoms with E-state index < -0.39 is 0 Å². The quantitative estimate of drug-likeness (QED) is 0.846. The molecule has 92 valence electrons. The van der Waals surface area contributed by atoms with Gasteiger partial charge in [-0.3, -0.25) is 9.78 Å². The van der Waals surface area contributed by atoms with Crippen LogP contribution < -0.4 is 10.6 Å². The number of rotatable bonds is 2. The van der Waals surface area contributed by atoms with E-state index in [-0.39, 0.29) is 10.9 Å². The first-order valence-corrected chi connectivity index (χ1v) is 5.71. The largest absolute Gasteiger partial charge is 0.398 e. The van der Waals surface area contributed by atoms with Crippen LogP contribution in [0.3, 0.4) is 0 Å². The van der Waals surface area contributed by atoms with Gasteiger partial charge in [-0.15, -0.1) is 0 Å². The van der Waals surface area contributed by atoms with Gasteiger partial charge < -0.3 is 10.6 Å². The predicted molar refractivity (Wildman–Crippen MR) is 72.8 cm³/mol. The molecular formula is C13H12ClN3O. The van der Waals surface area contributed by atoms with Gasteiger partial charge in [0.1, 0.15) is 0 Å². The summed E-state index contributed by atoms with van der Waals surface area (Å²) in [6.07, 6.45) is 3.26. The fraction of sp³-hybridized carbons (Fsp3) is 0.0769. The van der Waals surface area contributed by atoms with Crippen LogP contribution in [0.5, 0.6) is 0 Å². The first kappa shape index (κ1) is 12.4. The lowest BCUT2D eigenvalue weighted by atomic mass is 10.1. The van der Waals surface area contributed by atoms with Crippen LogP contribution in [0.1, 0.15) is 10.4 Å². The monoisotopic (exact) mass is 261 g/mol. The van der Waals surface area contributed by atoms with E-state index in [9.17, 15) is 4.79 Å². The maximum atomic E-state index is 12.3. The van der Waals surface area contributed by atoms with Gasteiger partial charge in [-0.05, 0) is 24.3 Å². The van der Waals surface area contributed by atoms with Crippen molar-refractivity contribution in [3.63, 3.8) is 0 Å². The van der Waals surface area contributed by atoms with Gasteiger partial charge in [-0.2, -0.15) is 0 Å². The van der Waals surface area contributed by atoms with E-state index in [1.165, 1.54) is 4.90 Å². The number of halogens is 1. The molecule has 2 aromatic rings. The third kappa shape index (κ3) is 2.28. The van der Waals surface area contributed by atoms with Crippen molar-refractivity contribution in [3.05, 3.63) is 53.3 Å². The molecular weight excluding hydrogens is 250 g/mol. The van der Waals surface area contributed by atoms with Crippen LogP contribution in [0.25, 0.3) is 0 Å². The summed E-state index contributed by atoms with van der Waals surface area (Å²) in [4.78, 5) is 17.7. The Morgan fingerprint density at radius 3 is 2.78 bits per heavy atom. The van der Waals surface area contributed by atoms with Crippen molar-refractivity contribution in [2.75, 3.05) is 17.7 Å². The number of amides is 1. The lowest BCUT2D eigenvalue weighted by Crippen LogP contribution is -2.26. The molecule has 0 fully saturated rings. The zero-order valence-corrected chi connectivity index (χ0v) is 10.6.